The molecule has 6 heteroatoms. The maximum Gasteiger partial charge on any atom is 0.316 e. The molecule has 0 aliphatic carbocycles. The average Bonchev–Trinajstić information content (AvgIpc) is 2.30. The molecular formula is C10H15ClN2O3. The predicted octanol–water partition coefficient (Wildman–Crippen LogP) is 0.898. The Morgan fingerprint density at radius 1 is 1.38 bits per heavy atom. The van der Waals surface area contributed by atoms with Gasteiger partial charge in [0, 0.05) is 23.8 Å². The Hall–Kier alpha value is -0.910. The lowest BCUT2D eigenvalue weighted by molar-refractivity contribution is 0.0165. The fourth-order valence-electron chi connectivity index (χ4n) is 1.17. The number of hydrogen-bond acceptors (Lipinski definition) is 5. The van der Waals surface area contributed by atoms with Crippen molar-refractivity contribution in [3.05, 3.63) is 18.0 Å². The number of aliphatic hydroxyl groups excluding tert-OH is 2. The molecule has 0 aliphatic rings. The van der Waals surface area contributed by atoms with Gasteiger partial charge in [0.15, 0.2) is 0 Å². The van der Waals surface area contributed by atoms with Gasteiger partial charge >= 0.3 is 6.01 Å². The summed E-state index contributed by atoms with van der Waals surface area (Å²) in [5.41, 5.74) is 0.445. The second kappa shape index (κ2) is 6.62. The van der Waals surface area contributed by atoms with Gasteiger partial charge in [0.25, 0.3) is 0 Å². The first kappa shape index (κ1) is 13.2. The molecular weight excluding hydrogens is 232 g/mol. The van der Waals surface area contributed by atoms with Crippen molar-refractivity contribution in [2.75, 3.05) is 12.5 Å². The van der Waals surface area contributed by atoms with Crippen LogP contribution in [0.25, 0.3) is 0 Å². The standard InChI is InChI=1S/C10H15ClN2O3/c1-2-16-10-12-5-7(6-13-10)9(15)8(14)3-4-11/h5-6,8-9,14-15H,2-4H2,1H3. The zero-order chi connectivity index (χ0) is 12.0. The molecule has 0 radical (unpaired) electrons. The van der Waals surface area contributed by atoms with Crippen molar-refractivity contribution < 1.29 is 14.9 Å². The smallest absolute Gasteiger partial charge is 0.316 e. The van der Waals surface area contributed by atoms with Crippen molar-refractivity contribution in [2.45, 2.75) is 25.6 Å². The third kappa shape index (κ3) is 3.59. The first-order valence-corrected chi connectivity index (χ1v) is 5.59. The van der Waals surface area contributed by atoms with Gasteiger partial charge in [0.1, 0.15) is 6.10 Å². The molecule has 90 valence electrons. The van der Waals surface area contributed by atoms with E-state index in [1.807, 2.05) is 6.92 Å². The van der Waals surface area contributed by atoms with Crippen LogP contribution in [0.5, 0.6) is 6.01 Å². The Morgan fingerprint density at radius 2 is 2.00 bits per heavy atom. The van der Waals surface area contributed by atoms with E-state index in [0.29, 0.717) is 18.6 Å². The summed E-state index contributed by atoms with van der Waals surface area (Å²) in [5.74, 6) is 0.288. The first-order valence-electron chi connectivity index (χ1n) is 5.05. The van der Waals surface area contributed by atoms with Crippen LogP contribution in [0, 0.1) is 0 Å². The van der Waals surface area contributed by atoms with Crippen LogP contribution in [0.4, 0.5) is 0 Å². The van der Waals surface area contributed by atoms with Crippen LogP contribution < -0.4 is 4.74 Å². The van der Waals surface area contributed by atoms with Crippen molar-refractivity contribution in [3.8, 4) is 6.01 Å². The number of aromatic nitrogens is 2. The van der Waals surface area contributed by atoms with E-state index in [9.17, 15) is 10.2 Å². The van der Waals surface area contributed by atoms with Crippen molar-refractivity contribution >= 4 is 11.6 Å². The molecule has 1 aromatic heterocycles. The largest absolute Gasteiger partial charge is 0.464 e. The summed E-state index contributed by atoms with van der Waals surface area (Å²) in [6.07, 6.45) is 1.25. The van der Waals surface area contributed by atoms with E-state index in [2.05, 4.69) is 9.97 Å². The fraction of sp³-hybridized carbons (Fsp3) is 0.600. The Morgan fingerprint density at radius 3 is 2.50 bits per heavy atom. The van der Waals surface area contributed by atoms with E-state index >= 15 is 0 Å². The molecule has 0 bridgehead atoms. The third-order valence-corrected chi connectivity index (χ3v) is 2.25. The molecule has 2 unspecified atom stereocenters. The molecule has 2 N–H and O–H groups in total. The SMILES string of the molecule is CCOc1ncc(C(O)C(O)CCCl)cn1. The molecule has 0 saturated heterocycles. The number of ether oxygens (including phenoxy) is 1. The molecule has 0 amide bonds. The Kier molecular flexibility index (Phi) is 5.45. The van der Waals surface area contributed by atoms with Crippen LogP contribution >= 0.6 is 11.6 Å². The summed E-state index contributed by atoms with van der Waals surface area (Å²) in [6, 6.07) is 0.255. The van der Waals surface area contributed by atoms with Crippen LogP contribution in [0.3, 0.4) is 0 Å². The van der Waals surface area contributed by atoms with E-state index in [1.165, 1.54) is 12.4 Å². The Balaban J connectivity index is 2.65. The quantitative estimate of drug-likeness (QED) is 0.730. The highest BCUT2D eigenvalue weighted by Gasteiger charge is 2.18. The summed E-state index contributed by atoms with van der Waals surface area (Å²) in [5, 5.41) is 19.2. The van der Waals surface area contributed by atoms with Crippen molar-refractivity contribution in [1.82, 2.24) is 9.97 Å². The van der Waals surface area contributed by atoms with Gasteiger partial charge in [-0.2, -0.15) is 0 Å². The van der Waals surface area contributed by atoms with Gasteiger partial charge in [0.05, 0.1) is 12.7 Å². The van der Waals surface area contributed by atoms with E-state index in [1.54, 1.807) is 0 Å². The molecule has 16 heavy (non-hydrogen) atoms. The second-order valence-electron chi connectivity index (χ2n) is 3.22. The number of halogens is 1. The molecule has 1 heterocycles. The summed E-state index contributed by atoms with van der Waals surface area (Å²) in [4.78, 5) is 7.79. The van der Waals surface area contributed by atoms with Gasteiger partial charge < -0.3 is 14.9 Å². The normalized spacial score (nSPS) is 14.5. The van der Waals surface area contributed by atoms with Gasteiger partial charge in [-0.1, -0.05) is 0 Å². The molecule has 1 rings (SSSR count). The molecule has 0 saturated carbocycles. The second-order valence-corrected chi connectivity index (χ2v) is 3.60. The van der Waals surface area contributed by atoms with Crippen molar-refractivity contribution in [3.63, 3.8) is 0 Å². The summed E-state index contributed by atoms with van der Waals surface area (Å²) in [7, 11) is 0. The number of alkyl halides is 1. The maximum absolute atomic E-state index is 9.71. The Labute approximate surface area is 99.1 Å². The highest BCUT2D eigenvalue weighted by atomic mass is 35.5. The van der Waals surface area contributed by atoms with Gasteiger partial charge in [-0.05, 0) is 13.3 Å². The number of nitrogens with zero attached hydrogens (tertiary/aromatic N) is 2. The monoisotopic (exact) mass is 246 g/mol. The van der Waals surface area contributed by atoms with Crippen LogP contribution in [-0.2, 0) is 0 Å². The molecule has 0 spiro atoms. The minimum absolute atomic E-state index is 0.255. The van der Waals surface area contributed by atoms with Gasteiger partial charge in [-0.25, -0.2) is 9.97 Å². The lowest BCUT2D eigenvalue weighted by atomic mass is 10.1. The van der Waals surface area contributed by atoms with Gasteiger partial charge in [0.2, 0.25) is 0 Å². The number of hydrogen-bond donors (Lipinski definition) is 2. The van der Waals surface area contributed by atoms with Crippen LogP contribution in [0.1, 0.15) is 25.0 Å². The van der Waals surface area contributed by atoms with Crippen molar-refractivity contribution in [2.24, 2.45) is 0 Å². The van der Waals surface area contributed by atoms with Crippen LogP contribution in [-0.4, -0.2) is 38.8 Å². The summed E-state index contributed by atoms with van der Waals surface area (Å²) >= 11 is 5.47. The predicted molar refractivity (Wildman–Crippen MR) is 59.5 cm³/mol. The molecule has 0 fully saturated rings. The highest BCUT2D eigenvalue weighted by molar-refractivity contribution is 6.17. The lowest BCUT2D eigenvalue weighted by Gasteiger charge is -2.16. The van der Waals surface area contributed by atoms with Gasteiger partial charge in [-0.15, -0.1) is 11.6 Å². The highest BCUT2D eigenvalue weighted by Crippen LogP contribution is 2.18. The number of rotatable bonds is 6. The van der Waals surface area contributed by atoms with Crippen molar-refractivity contribution in [1.29, 1.82) is 0 Å². The molecule has 5 nitrogen and oxygen atoms in total. The zero-order valence-corrected chi connectivity index (χ0v) is 9.76. The average molecular weight is 247 g/mol. The minimum atomic E-state index is -1.02. The maximum atomic E-state index is 9.71. The molecule has 0 aliphatic heterocycles. The fourth-order valence-corrected chi connectivity index (χ4v) is 1.40. The van der Waals surface area contributed by atoms with E-state index in [0.717, 1.165) is 0 Å². The summed E-state index contributed by atoms with van der Waals surface area (Å²) < 4.78 is 5.06. The topological polar surface area (TPSA) is 75.5 Å². The Bertz CT molecular complexity index is 307. The summed E-state index contributed by atoms with van der Waals surface area (Å²) in [6.45, 7) is 2.31. The third-order valence-electron chi connectivity index (χ3n) is 2.03. The van der Waals surface area contributed by atoms with E-state index < -0.39 is 12.2 Å². The van der Waals surface area contributed by atoms with Gasteiger partial charge in [-0.3, -0.25) is 0 Å². The van der Waals surface area contributed by atoms with Crippen LogP contribution in [0.15, 0.2) is 12.4 Å². The van der Waals surface area contributed by atoms with Crippen LogP contribution in [0.2, 0.25) is 0 Å². The lowest BCUT2D eigenvalue weighted by Crippen LogP contribution is -2.19. The van der Waals surface area contributed by atoms with E-state index in [-0.39, 0.29) is 11.9 Å². The zero-order valence-electron chi connectivity index (χ0n) is 9.01. The minimum Gasteiger partial charge on any atom is -0.464 e. The molecule has 0 aromatic carbocycles. The van der Waals surface area contributed by atoms with E-state index in [4.69, 9.17) is 16.3 Å². The first-order chi connectivity index (χ1) is 7.69. The molecule has 1 aromatic rings. The number of aliphatic hydroxyl groups is 2. The molecule has 2 atom stereocenters.